The van der Waals surface area contributed by atoms with Crippen LogP contribution < -0.4 is 25.4 Å². The number of alkyl carbamates (subject to hydrolysis) is 1. The molecule has 332 valence electrons. The van der Waals surface area contributed by atoms with Crippen molar-refractivity contribution in [3.63, 3.8) is 0 Å². The Morgan fingerprint density at radius 1 is 0.831 bits per heavy atom. The van der Waals surface area contributed by atoms with E-state index in [0.717, 1.165) is 75.5 Å². The number of likely N-dealkylation sites (tertiary alicyclic amines) is 2. The van der Waals surface area contributed by atoms with Crippen molar-refractivity contribution in [2.75, 3.05) is 26.7 Å². The molecule has 5 aliphatic heterocycles. The standard InChI is InChI=1S/C49H49N9O7/c1-27(2)42(56-49(62)63-3)47(60)57-17-9-14-36(57)44-51-23-34(53-44)29-19-31-25-65-39-22-30(20-32-26-64-38(21-29)40(31)41(32)39)35-24-52-45(54-35)37-15-10-18-58(37)48(61)43(28-11-5-4-6-12-28)55-46(59)33-13-7-8-16-50-33/h4-5,7-8,11,13,19-24,27,36-37,42-43,50H,9-10,14-18,25-26H2,1-3H3,(H,51,53)(H,52,54)(H,55,59)(H,56,62)/t36-,37-,42?,43+/m0/s1. The predicted molar refractivity (Wildman–Crippen MR) is 239 cm³/mol. The third kappa shape index (κ3) is 7.81. The Morgan fingerprint density at radius 2 is 1.45 bits per heavy atom. The number of imidazole rings is 2. The van der Waals surface area contributed by atoms with Gasteiger partial charge in [0.05, 0.1) is 43.0 Å². The highest BCUT2D eigenvalue weighted by Gasteiger charge is 2.40. The van der Waals surface area contributed by atoms with Gasteiger partial charge in [-0.05, 0) is 74.1 Å². The van der Waals surface area contributed by atoms with Crippen LogP contribution in [-0.4, -0.2) is 92.4 Å². The zero-order chi connectivity index (χ0) is 44.8. The first-order valence-corrected chi connectivity index (χ1v) is 22.1. The monoisotopic (exact) mass is 875 g/mol. The van der Waals surface area contributed by atoms with Crippen LogP contribution in [0, 0.1) is 5.92 Å². The Kier molecular flexibility index (Phi) is 11.0. The first-order valence-electron chi connectivity index (χ1n) is 22.1. The highest BCUT2D eigenvalue weighted by atomic mass is 16.5. The molecule has 4 atom stereocenters. The summed E-state index contributed by atoms with van der Waals surface area (Å²) in [5.74, 6) is 1.94. The summed E-state index contributed by atoms with van der Waals surface area (Å²) >= 11 is 0. The lowest BCUT2D eigenvalue weighted by molar-refractivity contribution is -0.136. The van der Waals surface area contributed by atoms with Crippen molar-refractivity contribution in [1.29, 1.82) is 0 Å². The average molecular weight is 876 g/mol. The second-order valence-corrected chi connectivity index (χ2v) is 17.2. The molecule has 1 aliphatic carbocycles. The number of ether oxygens (including phenoxy) is 3. The van der Waals surface area contributed by atoms with E-state index in [0.29, 0.717) is 62.2 Å². The van der Waals surface area contributed by atoms with Crippen molar-refractivity contribution in [3.8, 4) is 45.1 Å². The van der Waals surface area contributed by atoms with Gasteiger partial charge in [-0.15, -0.1) is 0 Å². The Balaban J connectivity index is 0.873. The van der Waals surface area contributed by atoms with Gasteiger partial charge in [-0.2, -0.15) is 0 Å². The van der Waals surface area contributed by atoms with Crippen molar-refractivity contribution in [2.24, 2.45) is 5.92 Å². The number of allylic oxidation sites excluding steroid dienone is 4. The smallest absolute Gasteiger partial charge is 0.407 e. The molecule has 7 heterocycles. The van der Waals surface area contributed by atoms with E-state index in [1.807, 2.05) is 38.1 Å². The molecule has 2 fully saturated rings. The normalized spacial score (nSPS) is 19.7. The molecule has 0 saturated carbocycles. The van der Waals surface area contributed by atoms with E-state index in [2.05, 4.69) is 49.5 Å². The Labute approximate surface area is 375 Å². The lowest BCUT2D eigenvalue weighted by atomic mass is 9.87. The van der Waals surface area contributed by atoms with Gasteiger partial charge in [-0.1, -0.05) is 43.5 Å². The van der Waals surface area contributed by atoms with Gasteiger partial charge in [-0.25, -0.2) is 14.8 Å². The molecule has 5 N–H and O–H groups in total. The molecule has 65 heavy (non-hydrogen) atoms. The maximum Gasteiger partial charge on any atom is 0.407 e. The minimum absolute atomic E-state index is 0.131. The minimum Gasteiger partial charge on any atom is -0.488 e. The van der Waals surface area contributed by atoms with E-state index in [9.17, 15) is 19.2 Å². The van der Waals surface area contributed by atoms with Gasteiger partial charge in [0.1, 0.15) is 54.1 Å². The maximum atomic E-state index is 14.4. The summed E-state index contributed by atoms with van der Waals surface area (Å²) in [6.45, 7) is 6.06. The number of dihydropyridines is 1. The molecule has 0 bridgehead atoms. The Hall–Kier alpha value is -7.54. The van der Waals surface area contributed by atoms with Gasteiger partial charge in [0.2, 0.25) is 5.91 Å². The van der Waals surface area contributed by atoms with Crippen LogP contribution in [0.4, 0.5) is 4.79 Å². The first-order chi connectivity index (χ1) is 31.6. The number of rotatable bonds is 11. The zero-order valence-corrected chi connectivity index (χ0v) is 36.3. The number of nitrogens with zero attached hydrogens (tertiary/aromatic N) is 4. The average Bonchev–Trinajstić information content (AvgIpc) is 4.19. The van der Waals surface area contributed by atoms with E-state index in [1.54, 1.807) is 46.5 Å². The molecule has 16 heteroatoms. The molecular formula is C49H49N9O7. The van der Waals surface area contributed by atoms with Gasteiger partial charge in [0.15, 0.2) is 0 Å². The fourth-order valence-corrected chi connectivity index (χ4v) is 9.60. The highest BCUT2D eigenvalue weighted by molar-refractivity contribution is 5.98. The van der Waals surface area contributed by atoms with Crippen LogP contribution >= 0.6 is 0 Å². The van der Waals surface area contributed by atoms with Gasteiger partial charge in [-0.3, -0.25) is 14.4 Å². The molecule has 4 aromatic rings. The maximum absolute atomic E-state index is 14.4. The summed E-state index contributed by atoms with van der Waals surface area (Å²) < 4.78 is 17.7. The number of hydrogen-bond donors (Lipinski definition) is 5. The second kappa shape index (κ2) is 17.2. The molecule has 4 amide bonds. The highest BCUT2D eigenvalue weighted by Crippen LogP contribution is 2.51. The fraction of sp³-hybridized carbons (Fsp3) is 0.347. The van der Waals surface area contributed by atoms with E-state index in [4.69, 9.17) is 24.2 Å². The largest absolute Gasteiger partial charge is 0.488 e. The molecule has 0 radical (unpaired) electrons. The lowest BCUT2D eigenvalue weighted by Gasteiger charge is -2.30. The van der Waals surface area contributed by atoms with Crippen LogP contribution in [-0.2, 0) is 32.3 Å². The lowest BCUT2D eigenvalue weighted by Crippen LogP contribution is -2.51. The summed E-state index contributed by atoms with van der Waals surface area (Å²) in [6.07, 6.45) is 16.7. The summed E-state index contributed by atoms with van der Waals surface area (Å²) in [4.78, 5) is 73.6. The van der Waals surface area contributed by atoms with Gasteiger partial charge in [0, 0.05) is 58.6 Å². The summed E-state index contributed by atoms with van der Waals surface area (Å²) in [5.41, 5.74) is 14.2. The van der Waals surface area contributed by atoms with Crippen LogP contribution in [0.15, 0.2) is 95.8 Å². The summed E-state index contributed by atoms with van der Waals surface area (Å²) in [6, 6.07) is 5.98. The Morgan fingerprint density at radius 3 is 1.98 bits per heavy atom. The van der Waals surface area contributed by atoms with Crippen molar-refractivity contribution in [2.45, 2.75) is 76.9 Å². The second-order valence-electron chi connectivity index (χ2n) is 17.2. The van der Waals surface area contributed by atoms with Gasteiger partial charge in [0.25, 0.3) is 11.8 Å². The molecule has 6 aliphatic rings. The molecule has 2 aromatic heterocycles. The summed E-state index contributed by atoms with van der Waals surface area (Å²) in [5, 5.41) is 8.72. The summed E-state index contributed by atoms with van der Waals surface area (Å²) in [7, 11) is 1.29. The van der Waals surface area contributed by atoms with Crippen LogP contribution in [0.2, 0.25) is 0 Å². The van der Waals surface area contributed by atoms with Crippen molar-refractivity contribution in [3.05, 3.63) is 119 Å². The first kappa shape index (κ1) is 41.5. The van der Waals surface area contributed by atoms with Crippen molar-refractivity contribution >= 4 is 23.8 Å². The topological polar surface area (TPSA) is 196 Å². The number of hydrogen-bond acceptors (Lipinski definition) is 10. The van der Waals surface area contributed by atoms with E-state index in [-0.39, 0.29) is 35.7 Å². The SMILES string of the molecule is COC(=O)NC(C(=O)N1CCC[C@H]1c1ncc(-c2cc3c4c(c2)OCc2cc(-c5cnc([C@@H]6CCCN6C(=O)[C@H](NC(=O)C6=CC=CCN6)C6=C=C=CC=C6)[nH]5)cc(c2-4)OC3)[nH]1)C(C)C. The molecular weight excluding hydrogens is 827 g/mol. The van der Waals surface area contributed by atoms with Crippen LogP contribution in [0.25, 0.3) is 33.6 Å². The fourth-order valence-electron chi connectivity index (χ4n) is 9.60. The number of carbonyl (C=O) groups is 4. The molecule has 1 unspecified atom stereocenters. The van der Waals surface area contributed by atoms with Crippen molar-refractivity contribution < 1.29 is 33.4 Å². The number of carbonyl (C=O) groups excluding carboxylic acids is 4. The number of aromatic amines is 2. The van der Waals surface area contributed by atoms with Gasteiger partial charge >= 0.3 is 6.09 Å². The van der Waals surface area contributed by atoms with Crippen molar-refractivity contribution in [1.82, 2.24) is 45.7 Å². The number of methoxy groups -OCH3 is 1. The molecule has 2 saturated heterocycles. The number of amides is 4. The third-order valence-electron chi connectivity index (χ3n) is 12.9. The minimum atomic E-state index is -0.961. The van der Waals surface area contributed by atoms with E-state index in [1.165, 1.54) is 7.11 Å². The van der Waals surface area contributed by atoms with Crippen LogP contribution in [0.1, 0.15) is 74.4 Å². The molecule has 10 rings (SSSR count). The molecule has 0 spiro atoms. The van der Waals surface area contributed by atoms with Crippen LogP contribution in [0.3, 0.4) is 0 Å². The molecule has 16 nitrogen and oxygen atoms in total. The van der Waals surface area contributed by atoms with Crippen LogP contribution in [0.5, 0.6) is 11.5 Å². The quantitative estimate of drug-likeness (QED) is 0.112. The van der Waals surface area contributed by atoms with E-state index >= 15 is 0 Å². The number of H-pyrrole nitrogens is 2. The number of aromatic nitrogens is 4. The Bertz CT molecular complexity index is 2770. The van der Waals surface area contributed by atoms with Gasteiger partial charge < -0.3 is 49.9 Å². The number of benzene rings is 2. The zero-order valence-electron chi connectivity index (χ0n) is 36.3. The van der Waals surface area contributed by atoms with E-state index < -0.39 is 18.2 Å². The third-order valence-corrected chi connectivity index (χ3v) is 12.9. The molecule has 2 aromatic carbocycles. The number of nitrogens with one attached hydrogen (secondary N) is 5. The predicted octanol–water partition coefficient (Wildman–Crippen LogP) is 5.96.